The van der Waals surface area contributed by atoms with Crippen LogP contribution in [0.5, 0.6) is 0 Å². The second kappa shape index (κ2) is 11.5. The molecule has 7 N–H and O–H groups in total. The van der Waals surface area contributed by atoms with Crippen LogP contribution in [0.3, 0.4) is 0 Å². The summed E-state index contributed by atoms with van der Waals surface area (Å²) < 4.78 is 6.39. The number of oxime groups is 1. The molecule has 0 saturated heterocycles. The Bertz CT molecular complexity index is 1430. The lowest BCUT2D eigenvalue weighted by molar-refractivity contribution is -0.121. The summed E-state index contributed by atoms with van der Waals surface area (Å²) in [5, 5.41) is 17.6. The number of carbonyl (C=O) groups is 2. The van der Waals surface area contributed by atoms with Crippen molar-refractivity contribution in [3.05, 3.63) is 75.7 Å². The first-order chi connectivity index (χ1) is 18.3. The maximum absolute atomic E-state index is 13.4. The molecule has 3 aromatic rings. The van der Waals surface area contributed by atoms with Crippen molar-refractivity contribution in [3.8, 4) is 11.3 Å². The molecule has 2 aromatic carbocycles. The van der Waals surface area contributed by atoms with Gasteiger partial charge < -0.3 is 32.0 Å². The molecule has 1 aliphatic rings. The fraction of sp³-hybridized carbons (Fsp3) is 0.269. The van der Waals surface area contributed by atoms with Gasteiger partial charge in [0.05, 0.1) is 24.1 Å². The van der Waals surface area contributed by atoms with Gasteiger partial charge in [-0.2, -0.15) is 0 Å². The number of rotatable bonds is 10. The highest BCUT2D eigenvalue weighted by Gasteiger charge is 2.24. The third kappa shape index (κ3) is 6.27. The smallest absolute Gasteiger partial charge is 0.338 e. The van der Waals surface area contributed by atoms with Crippen molar-refractivity contribution in [1.82, 2.24) is 14.9 Å². The minimum absolute atomic E-state index is 0.0200. The molecule has 12 heteroatoms. The average Bonchev–Trinajstić information content (AvgIpc) is 3.73. The Morgan fingerprint density at radius 2 is 1.92 bits per heavy atom. The Kier molecular flexibility index (Phi) is 7.90. The monoisotopic (exact) mass is 519 g/mol. The summed E-state index contributed by atoms with van der Waals surface area (Å²) in [6.07, 6.45) is 3.36. The Hall–Kier alpha value is -4.87. The summed E-state index contributed by atoms with van der Waals surface area (Å²) in [7, 11) is 0. The molecule has 0 atom stereocenters. The summed E-state index contributed by atoms with van der Waals surface area (Å²) in [5.41, 5.74) is 13.8. The molecule has 12 nitrogen and oxygen atoms in total. The molecule has 0 unspecified atom stereocenters. The summed E-state index contributed by atoms with van der Waals surface area (Å²) in [4.78, 5) is 42.9. The number of nitrogens with zero attached hydrogens (tertiary/aromatic N) is 3. The van der Waals surface area contributed by atoms with Gasteiger partial charge in [-0.25, -0.2) is 9.78 Å². The topological polar surface area (TPSA) is 187 Å². The number of nitrogen functional groups attached to an aromatic ring is 1. The van der Waals surface area contributed by atoms with Gasteiger partial charge in [0, 0.05) is 29.4 Å². The number of benzene rings is 2. The van der Waals surface area contributed by atoms with Crippen molar-refractivity contribution in [1.29, 1.82) is 0 Å². The molecule has 1 aliphatic carbocycles. The van der Waals surface area contributed by atoms with Crippen molar-refractivity contribution in [2.45, 2.75) is 38.9 Å². The van der Waals surface area contributed by atoms with Gasteiger partial charge in [-0.15, -0.1) is 0 Å². The standard InChI is InChI=1S/C26H29N7O5/c1-2-38-26(36)18-9-17(10-19(27)11-18)21-13-30-24(31-20-7-8-20)25(35)33(21)14-22(34)29-12-15-3-5-16(6-4-15)23(28)32-37/h3-6,9-11,13,20,37H,2,7-8,12,14,27H2,1H3,(H2,28,32)(H,29,34)(H,30,31). The van der Waals surface area contributed by atoms with Crippen LogP contribution >= 0.6 is 0 Å². The number of hydrogen-bond acceptors (Lipinski definition) is 9. The lowest BCUT2D eigenvalue weighted by atomic mass is 10.1. The molecule has 0 aliphatic heterocycles. The van der Waals surface area contributed by atoms with E-state index in [0.717, 1.165) is 18.4 Å². The van der Waals surface area contributed by atoms with Gasteiger partial charge in [0.15, 0.2) is 11.7 Å². The number of hydrogen-bond donors (Lipinski definition) is 5. The van der Waals surface area contributed by atoms with Gasteiger partial charge in [-0.05, 0) is 43.5 Å². The lowest BCUT2D eigenvalue weighted by Gasteiger charge is -2.16. The van der Waals surface area contributed by atoms with Gasteiger partial charge in [0.2, 0.25) is 5.91 Å². The van der Waals surface area contributed by atoms with Crippen LogP contribution in [0.1, 0.15) is 41.3 Å². The zero-order chi connectivity index (χ0) is 27.2. The average molecular weight is 520 g/mol. The Morgan fingerprint density at radius 1 is 1.18 bits per heavy atom. The quantitative estimate of drug-likeness (QED) is 0.0663. The Morgan fingerprint density at radius 3 is 2.58 bits per heavy atom. The first kappa shape index (κ1) is 26.2. The zero-order valence-corrected chi connectivity index (χ0v) is 20.8. The molecule has 1 aromatic heterocycles. The van der Waals surface area contributed by atoms with Gasteiger partial charge in [-0.3, -0.25) is 14.2 Å². The molecule has 38 heavy (non-hydrogen) atoms. The molecule has 1 amide bonds. The number of nitrogens with two attached hydrogens (primary N) is 2. The van der Waals surface area contributed by atoms with E-state index in [1.165, 1.54) is 16.8 Å². The molecular weight excluding hydrogens is 490 g/mol. The highest BCUT2D eigenvalue weighted by atomic mass is 16.5. The second-order valence-electron chi connectivity index (χ2n) is 8.83. The minimum Gasteiger partial charge on any atom is -0.462 e. The fourth-order valence-corrected chi connectivity index (χ4v) is 3.78. The van der Waals surface area contributed by atoms with E-state index in [2.05, 4.69) is 20.8 Å². The molecule has 198 valence electrons. The number of esters is 1. The van der Waals surface area contributed by atoms with E-state index in [0.29, 0.717) is 22.5 Å². The highest BCUT2D eigenvalue weighted by molar-refractivity contribution is 5.97. The van der Waals surface area contributed by atoms with E-state index >= 15 is 0 Å². The maximum atomic E-state index is 13.4. The summed E-state index contributed by atoms with van der Waals surface area (Å²) in [6.45, 7) is 1.80. The largest absolute Gasteiger partial charge is 0.462 e. The van der Waals surface area contributed by atoms with Crippen LogP contribution in [-0.4, -0.2) is 45.1 Å². The van der Waals surface area contributed by atoms with Gasteiger partial charge in [0.1, 0.15) is 6.54 Å². The number of anilines is 2. The van der Waals surface area contributed by atoms with E-state index in [-0.39, 0.29) is 43.0 Å². The first-order valence-electron chi connectivity index (χ1n) is 12.1. The van der Waals surface area contributed by atoms with Crippen LogP contribution in [0, 0.1) is 0 Å². The van der Waals surface area contributed by atoms with Crippen LogP contribution < -0.4 is 27.7 Å². The maximum Gasteiger partial charge on any atom is 0.338 e. The van der Waals surface area contributed by atoms with Crippen LogP contribution in [0.4, 0.5) is 11.5 Å². The van der Waals surface area contributed by atoms with E-state index in [4.69, 9.17) is 21.4 Å². The van der Waals surface area contributed by atoms with Crippen molar-refractivity contribution in [2.24, 2.45) is 10.9 Å². The minimum atomic E-state index is -0.550. The van der Waals surface area contributed by atoms with Crippen molar-refractivity contribution in [2.75, 3.05) is 17.7 Å². The number of amides is 1. The van der Waals surface area contributed by atoms with Gasteiger partial charge >= 0.3 is 5.97 Å². The van der Waals surface area contributed by atoms with Gasteiger partial charge in [-0.1, -0.05) is 29.4 Å². The third-order valence-electron chi connectivity index (χ3n) is 5.88. The SMILES string of the molecule is CCOC(=O)c1cc(N)cc(-c2cnc(NC3CC3)c(=O)n2CC(=O)NCc2ccc(C(N)=NO)cc2)c1. The number of carbonyl (C=O) groups excluding carboxylic acids is 2. The Balaban J connectivity index is 1.60. The van der Waals surface area contributed by atoms with E-state index < -0.39 is 17.4 Å². The summed E-state index contributed by atoms with van der Waals surface area (Å²) in [5.74, 6) is -0.830. The van der Waals surface area contributed by atoms with Crippen molar-refractivity contribution in [3.63, 3.8) is 0 Å². The molecule has 1 fully saturated rings. The molecule has 0 radical (unpaired) electrons. The van der Waals surface area contributed by atoms with Gasteiger partial charge in [0.25, 0.3) is 5.56 Å². The van der Waals surface area contributed by atoms with E-state index in [1.54, 1.807) is 43.3 Å². The Labute approximate surface area is 218 Å². The highest BCUT2D eigenvalue weighted by Crippen LogP contribution is 2.26. The van der Waals surface area contributed by atoms with Crippen molar-refractivity contribution < 1.29 is 19.5 Å². The molecule has 0 spiro atoms. The third-order valence-corrected chi connectivity index (χ3v) is 5.88. The fourth-order valence-electron chi connectivity index (χ4n) is 3.78. The lowest BCUT2D eigenvalue weighted by Crippen LogP contribution is -2.34. The van der Waals surface area contributed by atoms with Crippen molar-refractivity contribution >= 4 is 29.2 Å². The molecule has 1 heterocycles. The molecular formula is C26H29N7O5. The second-order valence-corrected chi connectivity index (χ2v) is 8.83. The van der Waals surface area contributed by atoms with Crippen LogP contribution in [0.2, 0.25) is 0 Å². The predicted octanol–water partition coefficient (Wildman–Crippen LogP) is 1.65. The van der Waals surface area contributed by atoms with E-state index in [1.807, 2.05) is 0 Å². The van der Waals surface area contributed by atoms with E-state index in [9.17, 15) is 14.4 Å². The summed E-state index contributed by atoms with van der Waals surface area (Å²) >= 11 is 0. The first-order valence-corrected chi connectivity index (χ1v) is 12.1. The number of aromatic nitrogens is 2. The molecule has 1 saturated carbocycles. The zero-order valence-electron chi connectivity index (χ0n) is 20.8. The summed E-state index contributed by atoms with van der Waals surface area (Å²) in [6, 6.07) is 11.6. The number of nitrogens with one attached hydrogen (secondary N) is 2. The number of amidine groups is 1. The normalized spacial score (nSPS) is 13.1. The van der Waals surface area contributed by atoms with Crippen LogP contribution in [0.25, 0.3) is 11.3 Å². The predicted molar refractivity (Wildman–Crippen MR) is 142 cm³/mol. The van der Waals surface area contributed by atoms with Crippen LogP contribution in [-0.2, 0) is 22.6 Å². The molecule has 0 bridgehead atoms. The number of ether oxygens (including phenoxy) is 1. The van der Waals surface area contributed by atoms with Crippen LogP contribution in [0.15, 0.2) is 58.6 Å². The molecule has 4 rings (SSSR count).